The van der Waals surface area contributed by atoms with Crippen LogP contribution in [0.5, 0.6) is 0 Å². The lowest BCUT2D eigenvalue weighted by atomic mass is 10.3. The zero-order valence-electron chi connectivity index (χ0n) is 13.6. The molecule has 4 nitrogen and oxygen atoms in total. The number of nitrogens with zero attached hydrogens (tertiary/aromatic N) is 2. The molecule has 0 aliphatic heterocycles. The van der Waals surface area contributed by atoms with E-state index >= 15 is 0 Å². The van der Waals surface area contributed by atoms with E-state index in [1.54, 1.807) is 43.9 Å². The average Bonchev–Trinajstić information content (AvgIpc) is 2.63. The van der Waals surface area contributed by atoms with Gasteiger partial charge in [0.15, 0.2) is 0 Å². The number of aromatic nitrogens is 2. The third-order valence-electron chi connectivity index (χ3n) is 2.42. The van der Waals surface area contributed by atoms with Gasteiger partial charge in [0.25, 0.3) is 0 Å². The van der Waals surface area contributed by atoms with E-state index < -0.39 is 0 Å². The zero-order valence-corrected chi connectivity index (χ0v) is 13.6. The second-order valence-electron chi connectivity index (χ2n) is 4.24. The molecule has 2 rings (SSSR count). The van der Waals surface area contributed by atoms with Gasteiger partial charge in [-0.1, -0.05) is 31.9 Å². The van der Waals surface area contributed by atoms with Gasteiger partial charge in [0.05, 0.1) is 7.11 Å². The van der Waals surface area contributed by atoms with Gasteiger partial charge in [-0.2, -0.15) is 0 Å². The van der Waals surface area contributed by atoms with Crippen molar-refractivity contribution in [3.05, 3.63) is 85.5 Å². The Labute approximate surface area is 137 Å². The van der Waals surface area contributed by atoms with Crippen molar-refractivity contribution < 1.29 is 9.53 Å². The standard InChI is InChI=1S/2C7H7N.C5H8O2/c2*1-2-7-3-5-8-6-4-7;1-4(2)5(6)7-3/h2*2-6H,1H2;1H2,2-3H3. The molecule has 2 aromatic heterocycles. The lowest BCUT2D eigenvalue weighted by molar-refractivity contribution is -0.136. The summed E-state index contributed by atoms with van der Waals surface area (Å²) in [4.78, 5) is 17.9. The molecule has 0 saturated heterocycles. The van der Waals surface area contributed by atoms with Crippen LogP contribution >= 0.6 is 0 Å². The topological polar surface area (TPSA) is 52.1 Å². The highest BCUT2D eigenvalue weighted by Gasteiger charge is 1.95. The van der Waals surface area contributed by atoms with Crippen molar-refractivity contribution in [3.63, 3.8) is 0 Å². The number of esters is 1. The fourth-order valence-electron chi connectivity index (χ4n) is 1.17. The van der Waals surface area contributed by atoms with E-state index in [-0.39, 0.29) is 5.97 Å². The minimum atomic E-state index is -0.347. The quantitative estimate of drug-likeness (QED) is 0.630. The highest BCUT2D eigenvalue weighted by molar-refractivity contribution is 5.86. The molecule has 0 amide bonds. The van der Waals surface area contributed by atoms with Gasteiger partial charge in [-0.15, -0.1) is 0 Å². The molecule has 0 bridgehead atoms. The molecular weight excluding hydrogens is 288 g/mol. The van der Waals surface area contributed by atoms with Crippen LogP contribution in [0.3, 0.4) is 0 Å². The van der Waals surface area contributed by atoms with Crippen LogP contribution in [0.4, 0.5) is 0 Å². The Bertz CT molecular complexity index is 564. The molecule has 120 valence electrons. The van der Waals surface area contributed by atoms with E-state index in [0.717, 1.165) is 11.1 Å². The van der Waals surface area contributed by atoms with E-state index in [1.165, 1.54) is 7.11 Å². The lowest BCUT2D eigenvalue weighted by Crippen LogP contribution is -1.98. The minimum Gasteiger partial charge on any atom is -0.466 e. The van der Waals surface area contributed by atoms with Gasteiger partial charge in [0.1, 0.15) is 0 Å². The summed E-state index contributed by atoms with van der Waals surface area (Å²) in [5.41, 5.74) is 2.66. The third-order valence-corrected chi connectivity index (χ3v) is 2.42. The van der Waals surface area contributed by atoms with Crippen molar-refractivity contribution in [2.45, 2.75) is 6.92 Å². The van der Waals surface area contributed by atoms with Crippen molar-refractivity contribution in [2.24, 2.45) is 0 Å². The van der Waals surface area contributed by atoms with E-state index in [4.69, 9.17) is 0 Å². The van der Waals surface area contributed by atoms with Crippen LogP contribution in [0, 0.1) is 0 Å². The fourth-order valence-corrected chi connectivity index (χ4v) is 1.17. The second-order valence-corrected chi connectivity index (χ2v) is 4.24. The first-order chi connectivity index (χ1) is 11.0. The number of rotatable bonds is 3. The Balaban J connectivity index is 0.000000317. The van der Waals surface area contributed by atoms with Crippen LogP contribution in [0.15, 0.2) is 74.4 Å². The summed E-state index contributed by atoms with van der Waals surface area (Å²) < 4.78 is 4.27. The molecule has 0 fully saturated rings. The Morgan fingerprint density at radius 3 is 1.43 bits per heavy atom. The molecule has 0 unspecified atom stereocenters. The summed E-state index contributed by atoms with van der Waals surface area (Å²) in [7, 11) is 1.33. The van der Waals surface area contributed by atoms with E-state index in [9.17, 15) is 4.79 Å². The monoisotopic (exact) mass is 310 g/mol. The van der Waals surface area contributed by atoms with Crippen LogP contribution in [-0.2, 0) is 9.53 Å². The minimum absolute atomic E-state index is 0.347. The van der Waals surface area contributed by atoms with Crippen LogP contribution in [0.2, 0.25) is 0 Å². The van der Waals surface area contributed by atoms with Crippen molar-refractivity contribution in [3.8, 4) is 0 Å². The highest BCUT2D eigenvalue weighted by Crippen LogP contribution is 1.95. The Morgan fingerprint density at radius 1 is 0.957 bits per heavy atom. The van der Waals surface area contributed by atoms with Crippen molar-refractivity contribution in [2.75, 3.05) is 7.11 Å². The first-order valence-corrected chi connectivity index (χ1v) is 6.83. The largest absolute Gasteiger partial charge is 0.466 e. The summed E-state index contributed by atoms with van der Waals surface area (Å²) in [6.45, 7) is 12.2. The molecule has 0 radical (unpaired) electrons. The zero-order chi connectivity index (χ0) is 17.5. The predicted molar refractivity (Wildman–Crippen MR) is 95.5 cm³/mol. The van der Waals surface area contributed by atoms with Gasteiger partial charge < -0.3 is 4.74 Å². The second kappa shape index (κ2) is 12.7. The number of methoxy groups -OCH3 is 1. The summed E-state index contributed by atoms with van der Waals surface area (Å²) in [6.07, 6.45) is 10.6. The van der Waals surface area contributed by atoms with E-state index in [1.807, 2.05) is 24.3 Å². The molecule has 0 atom stereocenters. The van der Waals surface area contributed by atoms with Gasteiger partial charge in [0.2, 0.25) is 0 Å². The average molecular weight is 310 g/mol. The number of hydrogen-bond donors (Lipinski definition) is 0. The number of pyridine rings is 2. The number of carbonyl (C=O) groups excluding carboxylic acids is 1. The number of ether oxygens (including phenoxy) is 1. The predicted octanol–water partition coefficient (Wildman–Crippen LogP) is 4.18. The third kappa shape index (κ3) is 10.4. The Hall–Kier alpha value is -3.01. The molecule has 2 heterocycles. The van der Waals surface area contributed by atoms with Crippen molar-refractivity contribution in [1.29, 1.82) is 0 Å². The molecule has 0 aliphatic carbocycles. The molecule has 23 heavy (non-hydrogen) atoms. The normalized spacial score (nSPS) is 8.26. The molecular formula is C19H22N2O2. The molecule has 0 N–H and O–H groups in total. The summed E-state index contributed by atoms with van der Waals surface area (Å²) in [6, 6.07) is 7.64. The molecule has 0 aliphatic rings. The molecule has 0 aromatic carbocycles. The van der Waals surface area contributed by atoms with Gasteiger partial charge >= 0.3 is 5.97 Å². The van der Waals surface area contributed by atoms with Gasteiger partial charge in [-0.25, -0.2) is 4.79 Å². The van der Waals surface area contributed by atoms with E-state index in [0.29, 0.717) is 5.57 Å². The molecule has 0 saturated carbocycles. The van der Waals surface area contributed by atoms with Crippen molar-refractivity contribution >= 4 is 18.1 Å². The van der Waals surface area contributed by atoms with Crippen LogP contribution in [0.1, 0.15) is 18.1 Å². The highest BCUT2D eigenvalue weighted by atomic mass is 16.5. The van der Waals surface area contributed by atoms with E-state index in [2.05, 4.69) is 34.4 Å². The fraction of sp³-hybridized carbons (Fsp3) is 0.105. The lowest BCUT2D eigenvalue weighted by Gasteiger charge is -1.91. The molecule has 0 spiro atoms. The van der Waals surface area contributed by atoms with Crippen LogP contribution in [0.25, 0.3) is 12.2 Å². The first-order valence-electron chi connectivity index (χ1n) is 6.83. The summed E-state index contributed by atoms with van der Waals surface area (Å²) >= 11 is 0. The van der Waals surface area contributed by atoms with Crippen molar-refractivity contribution in [1.82, 2.24) is 9.97 Å². The number of hydrogen-bond acceptors (Lipinski definition) is 4. The maximum absolute atomic E-state index is 10.2. The van der Waals surface area contributed by atoms with Crippen LogP contribution in [-0.4, -0.2) is 23.0 Å². The summed E-state index contributed by atoms with van der Waals surface area (Å²) in [5, 5.41) is 0. The number of carbonyl (C=O) groups is 1. The maximum Gasteiger partial charge on any atom is 0.332 e. The maximum atomic E-state index is 10.2. The van der Waals surface area contributed by atoms with Gasteiger partial charge in [-0.05, 0) is 42.3 Å². The van der Waals surface area contributed by atoms with Gasteiger partial charge in [-0.3, -0.25) is 9.97 Å². The Morgan fingerprint density at radius 2 is 1.30 bits per heavy atom. The SMILES string of the molecule is C=C(C)C(=O)OC.C=Cc1ccncc1.C=Cc1ccncc1. The molecule has 2 aromatic rings. The molecule has 4 heteroatoms. The first kappa shape index (κ1) is 20.0. The smallest absolute Gasteiger partial charge is 0.332 e. The summed E-state index contributed by atoms with van der Waals surface area (Å²) in [5.74, 6) is -0.347. The van der Waals surface area contributed by atoms with Crippen LogP contribution < -0.4 is 0 Å². The van der Waals surface area contributed by atoms with Gasteiger partial charge in [0, 0.05) is 30.4 Å². The Kier molecular flexibility index (Phi) is 11.0.